The van der Waals surface area contributed by atoms with Crippen molar-refractivity contribution in [2.45, 2.75) is 51.8 Å². The lowest BCUT2D eigenvalue weighted by Gasteiger charge is -2.33. The van der Waals surface area contributed by atoms with Gasteiger partial charge in [0.15, 0.2) is 0 Å². The Kier molecular flexibility index (Phi) is 5.03. The third-order valence-corrected chi connectivity index (χ3v) is 4.19. The van der Waals surface area contributed by atoms with Gasteiger partial charge in [-0.25, -0.2) is 9.97 Å². The first kappa shape index (κ1) is 14.6. The van der Waals surface area contributed by atoms with E-state index in [1.807, 2.05) is 6.20 Å². The second kappa shape index (κ2) is 6.56. The van der Waals surface area contributed by atoms with Gasteiger partial charge >= 0.3 is 0 Å². The minimum atomic E-state index is 0.345. The molecule has 0 aromatic carbocycles. The van der Waals surface area contributed by atoms with Gasteiger partial charge in [-0.1, -0.05) is 20.3 Å². The Labute approximate surface area is 121 Å². The minimum Gasteiger partial charge on any atom is -0.369 e. The molecule has 4 heteroatoms. The molecule has 0 spiro atoms. The van der Waals surface area contributed by atoms with Crippen molar-refractivity contribution in [1.82, 2.24) is 9.97 Å². The van der Waals surface area contributed by atoms with E-state index in [2.05, 4.69) is 35.6 Å². The summed E-state index contributed by atoms with van der Waals surface area (Å²) in [4.78, 5) is 11.5. The van der Waals surface area contributed by atoms with Crippen LogP contribution in [0.4, 0.5) is 5.69 Å². The molecule has 3 nitrogen and oxygen atoms in total. The number of alkyl halides is 1. The maximum Gasteiger partial charge on any atom is 0.131 e. The first-order chi connectivity index (χ1) is 9.15. The highest BCUT2D eigenvalue weighted by Crippen LogP contribution is 2.30. The molecule has 1 aromatic rings. The SMILES string of the molecule is CCN(CC1CCC1)c1cnc(C(C)C)nc1CCl. The van der Waals surface area contributed by atoms with Gasteiger partial charge in [-0.3, -0.25) is 0 Å². The molecule has 1 saturated carbocycles. The molecular formula is C15H24ClN3. The van der Waals surface area contributed by atoms with Crippen molar-refractivity contribution in [1.29, 1.82) is 0 Å². The fourth-order valence-electron chi connectivity index (χ4n) is 2.45. The van der Waals surface area contributed by atoms with Crippen LogP contribution in [-0.2, 0) is 5.88 Å². The van der Waals surface area contributed by atoms with E-state index in [-0.39, 0.29) is 0 Å². The Hall–Kier alpha value is -0.830. The predicted molar refractivity (Wildman–Crippen MR) is 80.9 cm³/mol. The summed E-state index contributed by atoms with van der Waals surface area (Å²) in [5.41, 5.74) is 2.09. The molecule has 0 aliphatic heterocycles. The Morgan fingerprint density at radius 3 is 2.63 bits per heavy atom. The van der Waals surface area contributed by atoms with E-state index in [0.29, 0.717) is 11.8 Å². The van der Waals surface area contributed by atoms with Gasteiger partial charge in [-0.15, -0.1) is 11.6 Å². The van der Waals surface area contributed by atoms with Crippen molar-refractivity contribution in [2.75, 3.05) is 18.0 Å². The number of halogens is 1. The molecule has 0 unspecified atom stereocenters. The molecule has 1 aromatic heterocycles. The van der Waals surface area contributed by atoms with Crippen LogP contribution in [0.1, 0.15) is 57.5 Å². The van der Waals surface area contributed by atoms with Gasteiger partial charge in [-0.05, 0) is 25.7 Å². The van der Waals surface area contributed by atoms with E-state index in [0.717, 1.165) is 36.2 Å². The Morgan fingerprint density at radius 1 is 1.42 bits per heavy atom. The second-order valence-electron chi connectivity index (χ2n) is 5.68. The highest BCUT2D eigenvalue weighted by Gasteiger charge is 2.22. The molecule has 2 rings (SSSR count). The summed E-state index contributed by atoms with van der Waals surface area (Å²) in [5.74, 6) is 2.53. The van der Waals surface area contributed by atoms with E-state index in [4.69, 9.17) is 11.6 Å². The lowest BCUT2D eigenvalue weighted by molar-refractivity contribution is 0.318. The second-order valence-corrected chi connectivity index (χ2v) is 5.95. The zero-order valence-corrected chi connectivity index (χ0v) is 13.0. The highest BCUT2D eigenvalue weighted by molar-refractivity contribution is 6.17. The van der Waals surface area contributed by atoms with Gasteiger partial charge in [0, 0.05) is 19.0 Å². The summed E-state index contributed by atoms with van der Waals surface area (Å²) >= 11 is 6.08. The number of aromatic nitrogens is 2. The van der Waals surface area contributed by atoms with Gasteiger partial charge in [0.25, 0.3) is 0 Å². The van der Waals surface area contributed by atoms with Gasteiger partial charge in [-0.2, -0.15) is 0 Å². The number of hydrogen-bond acceptors (Lipinski definition) is 3. The van der Waals surface area contributed by atoms with Crippen LogP contribution in [-0.4, -0.2) is 23.1 Å². The normalized spacial score (nSPS) is 15.6. The molecular weight excluding hydrogens is 258 g/mol. The lowest BCUT2D eigenvalue weighted by atomic mass is 9.85. The predicted octanol–water partition coefficient (Wildman–Crippen LogP) is 3.97. The first-order valence-electron chi connectivity index (χ1n) is 7.32. The van der Waals surface area contributed by atoms with E-state index >= 15 is 0 Å². The average molecular weight is 282 g/mol. The smallest absolute Gasteiger partial charge is 0.131 e. The summed E-state index contributed by atoms with van der Waals surface area (Å²) < 4.78 is 0. The zero-order valence-electron chi connectivity index (χ0n) is 12.2. The molecule has 0 N–H and O–H groups in total. The Morgan fingerprint density at radius 2 is 2.16 bits per heavy atom. The van der Waals surface area contributed by atoms with Crippen LogP contribution < -0.4 is 4.90 Å². The maximum absolute atomic E-state index is 6.08. The molecule has 1 aliphatic carbocycles. The summed E-state index contributed by atoms with van der Waals surface area (Å²) in [6.07, 6.45) is 6.06. The quantitative estimate of drug-likeness (QED) is 0.739. The largest absolute Gasteiger partial charge is 0.369 e. The van der Waals surface area contributed by atoms with Crippen LogP contribution in [0, 0.1) is 5.92 Å². The van der Waals surface area contributed by atoms with Crippen molar-refractivity contribution in [3.63, 3.8) is 0 Å². The van der Waals surface area contributed by atoms with Crippen LogP contribution in [0.2, 0.25) is 0 Å². The van der Waals surface area contributed by atoms with Crippen molar-refractivity contribution >= 4 is 17.3 Å². The van der Waals surface area contributed by atoms with E-state index in [1.54, 1.807) is 0 Å². The molecule has 1 aliphatic rings. The standard InChI is InChI=1S/C15H24ClN3/c1-4-19(10-12-6-5-7-12)14-9-17-15(11(2)3)18-13(14)8-16/h9,11-12H,4-8,10H2,1-3H3. The highest BCUT2D eigenvalue weighted by atomic mass is 35.5. The summed E-state index contributed by atoms with van der Waals surface area (Å²) in [6, 6.07) is 0. The first-order valence-corrected chi connectivity index (χ1v) is 7.85. The Balaban J connectivity index is 2.20. The maximum atomic E-state index is 6.08. The molecule has 0 amide bonds. The average Bonchev–Trinajstić information content (AvgIpc) is 2.37. The van der Waals surface area contributed by atoms with Crippen LogP contribution in [0.25, 0.3) is 0 Å². The van der Waals surface area contributed by atoms with E-state index < -0.39 is 0 Å². The zero-order chi connectivity index (χ0) is 13.8. The molecule has 0 bridgehead atoms. The topological polar surface area (TPSA) is 29.0 Å². The van der Waals surface area contributed by atoms with Crippen molar-refractivity contribution in [3.8, 4) is 0 Å². The fraction of sp³-hybridized carbons (Fsp3) is 0.733. The van der Waals surface area contributed by atoms with Crippen molar-refractivity contribution in [2.24, 2.45) is 5.92 Å². The van der Waals surface area contributed by atoms with Crippen LogP contribution >= 0.6 is 11.6 Å². The molecule has 0 saturated heterocycles. The number of rotatable bonds is 6. The number of anilines is 1. The van der Waals surface area contributed by atoms with Crippen molar-refractivity contribution < 1.29 is 0 Å². The summed E-state index contributed by atoms with van der Waals surface area (Å²) in [6.45, 7) is 8.51. The molecule has 0 radical (unpaired) electrons. The fourth-order valence-corrected chi connectivity index (χ4v) is 2.65. The van der Waals surface area contributed by atoms with Gasteiger partial charge in [0.2, 0.25) is 0 Å². The lowest BCUT2D eigenvalue weighted by Crippen LogP contribution is -2.33. The monoisotopic (exact) mass is 281 g/mol. The van der Waals surface area contributed by atoms with Gasteiger partial charge in [0.1, 0.15) is 5.82 Å². The molecule has 19 heavy (non-hydrogen) atoms. The summed E-state index contributed by atoms with van der Waals surface area (Å²) in [7, 11) is 0. The van der Waals surface area contributed by atoms with E-state index in [1.165, 1.54) is 19.3 Å². The van der Waals surface area contributed by atoms with Crippen LogP contribution in [0.5, 0.6) is 0 Å². The van der Waals surface area contributed by atoms with Gasteiger partial charge < -0.3 is 4.90 Å². The Bertz CT molecular complexity index is 416. The van der Waals surface area contributed by atoms with Crippen LogP contribution in [0.15, 0.2) is 6.20 Å². The molecule has 0 atom stereocenters. The third kappa shape index (κ3) is 3.38. The minimum absolute atomic E-state index is 0.345. The van der Waals surface area contributed by atoms with Gasteiger partial charge in [0.05, 0.1) is 23.5 Å². The van der Waals surface area contributed by atoms with Crippen LogP contribution in [0.3, 0.4) is 0 Å². The number of hydrogen-bond donors (Lipinski definition) is 0. The summed E-state index contributed by atoms with van der Waals surface area (Å²) in [5, 5.41) is 0. The van der Waals surface area contributed by atoms with E-state index in [9.17, 15) is 0 Å². The number of nitrogens with zero attached hydrogens (tertiary/aromatic N) is 3. The molecule has 1 fully saturated rings. The van der Waals surface area contributed by atoms with Crippen molar-refractivity contribution in [3.05, 3.63) is 17.7 Å². The third-order valence-electron chi connectivity index (χ3n) is 3.93. The molecule has 1 heterocycles. The molecule has 106 valence electrons.